The Labute approximate surface area is 55.6 Å². The van der Waals surface area contributed by atoms with Gasteiger partial charge < -0.3 is 0 Å². The number of hydrogen-bond donors (Lipinski definition) is 0. The lowest BCUT2D eigenvalue weighted by molar-refractivity contribution is 1.49. The van der Waals surface area contributed by atoms with Crippen LogP contribution in [0.2, 0.25) is 0 Å². The van der Waals surface area contributed by atoms with Crippen LogP contribution in [0.25, 0.3) is 0 Å². The second-order valence-electron chi connectivity index (χ2n) is 1.47. The third kappa shape index (κ3) is 3.31. The quantitative estimate of drug-likeness (QED) is 0.404. The molecule has 0 fully saturated rings. The van der Waals surface area contributed by atoms with Gasteiger partial charge in [-0.1, -0.05) is 18.7 Å². The molecular weight excluding hydrogens is 110 g/mol. The molecule has 1 heteroatoms. The van der Waals surface area contributed by atoms with Crippen LogP contribution in [-0.4, -0.2) is 0 Å². The highest BCUT2D eigenvalue weighted by molar-refractivity contribution is 5.34. The average molecular weight is 119 g/mol. The molecular formula is C8H9N. The molecule has 0 aliphatic rings. The molecule has 0 heterocycles. The van der Waals surface area contributed by atoms with Crippen molar-refractivity contribution in [3.05, 3.63) is 36.5 Å². The predicted octanol–water partition coefficient (Wildman–Crippen LogP) is 2.20. The first-order valence-electron chi connectivity index (χ1n) is 2.70. The van der Waals surface area contributed by atoms with Gasteiger partial charge in [-0.05, 0) is 19.1 Å². The fourth-order valence-electron chi connectivity index (χ4n) is 0.437. The summed E-state index contributed by atoms with van der Waals surface area (Å²) >= 11 is 0. The number of nitriles is 1. The Balaban J connectivity index is 4.19. The zero-order valence-corrected chi connectivity index (χ0v) is 5.46. The summed E-state index contributed by atoms with van der Waals surface area (Å²) in [6, 6.07) is 2.01. The van der Waals surface area contributed by atoms with Gasteiger partial charge in [-0.3, -0.25) is 0 Å². The van der Waals surface area contributed by atoms with Crippen LogP contribution in [0.1, 0.15) is 6.92 Å². The monoisotopic (exact) mass is 119 g/mol. The number of rotatable bonds is 2. The standard InChI is InChI=1S/C8H9N/c1-3-5-8(7-9)6-4-2/h3-6H,1H2,2H3/b6-4+,8-5-. The van der Waals surface area contributed by atoms with Crippen molar-refractivity contribution in [1.82, 2.24) is 0 Å². The summed E-state index contributed by atoms with van der Waals surface area (Å²) in [6.07, 6.45) is 6.82. The molecule has 0 amide bonds. The normalized spacial score (nSPS) is 11.3. The van der Waals surface area contributed by atoms with Gasteiger partial charge in [0.25, 0.3) is 0 Å². The van der Waals surface area contributed by atoms with Crippen LogP contribution in [0.4, 0.5) is 0 Å². The van der Waals surface area contributed by atoms with Crippen molar-refractivity contribution in [2.45, 2.75) is 6.92 Å². The SMILES string of the molecule is C=C/C=C(C#N)/C=C/C. The van der Waals surface area contributed by atoms with Gasteiger partial charge >= 0.3 is 0 Å². The van der Waals surface area contributed by atoms with Crippen LogP contribution in [0.5, 0.6) is 0 Å². The maximum absolute atomic E-state index is 8.37. The van der Waals surface area contributed by atoms with Gasteiger partial charge in [0.05, 0.1) is 11.6 Å². The fourth-order valence-corrected chi connectivity index (χ4v) is 0.437. The summed E-state index contributed by atoms with van der Waals surface area (Å²) in [6.45, 7) is 5.34. The van der Waals surface area contributed by atoms with E-state index in [0.717, 1.165) is 0 Å². The lowest BCUT2D eigenvalue weighted by Crippen LogP contribution is -1.66. The zero-order valence-electron chi connectivity index (χ0n) is 5.46. The first kappa shape index (κ1) is 7.71. The smallest absolute Gasteiger partial charge is 0.0991 e. The van der Waals surface area contributed by atoms with E-state index in [9.17, 15) is 0 Å². The Kier molecular flexibility index (Phi) is 4.16. The Morgan fingerprint density at radius 3 is 2.67 bits per heavy atom. The van der Waals surface area contributed by atoms with Crippen molar-refractivity contribution in [2.24, 2.45) is 0 Å². The number of hydrogen-bond acceptors (Lipinski definition) is 1. The molecule has 0 aromatic carbocycles. The highest BCUT2D eigenvalue weighted by atomic mass is 14.2. The molecule has 0 aliphatic carbocycles. The minimum Gasteiger partial charge on any atom is -0.192 e. The van der Waals surface area contributed by atoms with Crippen molar-refractivity contribution in [1.29, 1.82) is 5.26 Å². The summed E-state index contributed by atoms with van der Waals surface area (Å²) in [5.41, 5.74) is 0.632. The molecule has 0 radical (unpaired) electrons. The number of allylic oxidation sites excluding steroid dienone is 5. The third-order valence-corrected chi connectivity index (χ3v) is 0.773. The molecule has 0 bridgehead atoms. The van der Waals surface area contributed by atoms with Gasteiger partial charge in [0, 0.05) is 0 Å². The maximum atomic E-state index is 8.37. The second-order valence-corrected chi connectivity index (χ2v) is 1.47. The Morgan fingerprint density at radius 2 is 2.33 bits per heavy atom. The molecule has 0 atom stereocenters. The van der Waals surface area contributed by atoms with E-state index in [1.807, 2.05) is 19.1 Å². The van der Waals surface area contributed by atoms with Crippen LogP contribution in [0.3, 0.4) is 0 Å². The molecule has 0 aromatic heterocycles. The van der Waals surface area contributed by atoms with E-state index in [4.69, 9.17) is 5.26 Å². The Bertz CT molecular complexity index is 179. The van der Waals surface area contributed by atoms with E-state index in [1.54, 1.807) is 18.2 Å². The summed E-state index contributed by atoms with van der Waals surface area (Å²) in [5.74, 6) is 0. The van der Waals surface area contributed by atoms with Crippen molar-refractivity contribution in [2.75, 3.05) is 0 Å². The van der Waals surface area contributed by atoms with E-state index in [1.165, 1.54) is 0 Å². The molecule has 0 unspecified atom stereocenters. The van der Waals surface area contributed by atoms with E-state index < -0.39 is 0 Å². The van der Waals surface area contributed by atoms with Crippen molar-refractivity contribution in [3.63, 3.8) is 0 Å². The van der Waals surface area contributed by atoms with E-state index >= 15 is 0 Å². The Hall–Kier alpha value is -1.29. The topological polar surface area (TPSA) is 23.8 Å². The largest absolute Gasteiger partial charge is 0.192 e. The summed E-state index contributed by atoms with van der Waals surface area (Å²) in [4.78, 5) is 0. The van der Waals surface area contributed by atoms with Crippen LogP contribution >= 0.6 is 0 Å². The van der Waals surface area contributed by atoms with Gasteiger partial charge in [-0.2, -0.15) is 5.26 Å². The van der Waals surface area contributed by atoms with Gasteiger partial charge in [0.2, 0.25) is 0 Å². The lowest BCUT2D eigenvalue weighted by atomic mass is 10.2. The zero-order chi connectivity index (χ0) is 7.11. The molecule has 0 N–H and O–H groups in total. The van der Waals surface area contributed by atoms with Gasteiger partial charge in [0.15, 0.2) is 0 Å². The summed E-state index contributed by atoms with van der Waals surface area (Å²) in [7, 11) is 0. The molecule has 0 saturated carbocycles. The molecule has 0 aromatic rings. The van der Waals surface area contributed by atoms with Crippen LogP contribution in [-0.2, 0) is 0 Å². The molecule has 0 spiro atoms. The van der Waals surface area contributed by atoms with Gasteiger partial charge in [-0.25, -0.2) is 0 Å². The van der Waals surface area contributed by atoms with E-state index in [0.29, 0.717) is 5.57 Å². The fraction of sp³-hybridized carbons (Fsp3) is 0.125. The molecule has 0 aliphatic heterocycles. The summed E-state index contributed by atoms with van der Waals surface area (Å²) < 4.78 is 0. The van der Waals surface area contributed by atoms with Crippen molar-refractivity contribution < 1.29 is 0 Å². The van der Waals surface area contributed by atoms with Crippen molar-refractivity contribution >= 4 is 0 Å². The second kappa shape index (κ2) is 4.86. The molecule has 0 saturated heterocycles. The highest BCUT2D eigenvalue weighted by Gasteiger charge is 1.80. The van der Waals surface area contributed by atoms with Crippen LogP contribution in [0, 0.1) is 11.3 Å². The van der Waals surface area contributed by atoms with Gasteiger partial charge in [-0.15, -0.1) is 0 Å². The molecule has 9 heavy (non-hydrogen) atoms. The molecule has 46 valence electrons. The third-order valence-electron chi connectivity index (χ3n) is 0.773. The first-order valence-corrected chi connectivity index (χ1v) is 2.70. The van der Waals surface area contributed by atoms with Crippen LogP contribution < -0.4 is 0 Å². The first-order chi connectivity index (χ1) is 4.35. The minimum absolute atomic E-state index is 0.632. The van der Waals surface area contributed by atoms with Crippen LogP contribution in [0.15, 0.2) is 36.5 Å². The van der Waals surface area contributed by atoms with Crippen molar-refractivity contribution in [3.8, 4) is 6.07 Å². The van der Waals surface area contributed by atoms with E-state index in [2.05, 4.69) is 6.58 Å². The molecule has 1 nitrogen and oxygen atoms in total. The average Bonchev–Trinajstić information content (AvgIpc) is 1.88. The maximum Gasteiger partial charge on any atom is 0.0991 e. The number of nitrogens with zero attached hydrogens (tertiary/aromatic N) is 1. The lowest BCUT2D eigenvalue weighted by Gasteiger charge is -1.79. The van der Waals surface area contributed by atoms with Gasteiger partial charge in [0.1, 0.15) is 0 Å². The predicted molar refractivity (Wildman–Crippen MR) is 38.7 cm³/mol. The highest BCUT2D eigenvalue weighted by Crippen LogP contribution is 1.93. The van der Waals surface area contributed by atoms with E-state index in [-0.39, 0.29) is 0 Å². The minimum atomic E-state index is 0.632. The summed E-state index contributed by atoms with van der Waals surface area (Å²) in [5, 5.41) is 8.37. The Morgan fingerprint density at radius 1 is 1.67 bits per heavy atom. The molecule has 0 rings (SSSR count).